The number of carbonyl (C=O) groups is 2. The maximum Gasteiger partial charge on any atom is 0.371 e. The summed E-state index contributed by atoms with van der Waals surface area (Å²) in [6, 6.07) is 7.96. The number of amides is 1. The Labute approximate surface area is 171 Å². The second kappa shape index (κ2) is 8.47. The molecule has 11 nitrogen and oxygen atoms in total. The molecule has 1 aliphatic heterocycles. The SMILES string of the molecule is O=C(O)c1ccc(S(=O)(=O)N2CCN(C(=O)C=Cc3cccc([N+](=O)[O-])c3)CC2)o1. The van der Waals surface area contributed by atoms with Crippen LogP contribution in [0.25, 0.3) is 6.08 Å². The van der Waals surface area contributed by atoms with E-state index >= 15 is 0 Å². The molecule has 2 aromatic rings. The largest absolute Gasteiger partial charge is 0.475 e. The van der Waals surface area contributed by atoms with Gasteiger partial charge in [0, 0.05) is 44.4 Å². The number of aromatic carboxylic acids is 1. The van der Waals surface area contributed by atoms with Crippen LogP contribution in [0.3, 0.4) is 0 Å². The number of sulfonamides is 1. The first-order valence-corrected chi connectivity index (χ1v) is 10.2. The number of nitrogens with zero attached hydrogens (tertiary/aromatic N) is 3. The summed E-state index contributed by atoms with van der Waals surface area (Å²) in [5.41, 5.74) is 0.401. The molecule has 1 saturated heterocycles. The van der Waals surface area contributed by atoms with Crippen LogP contribution in [-0.2, 0) is 14.8 Å². The quantitative estimate of drug-likeness (QED) is 0.406. The molecule has 0 aliphatic carbocycles. The Balaban J connectivity index is 1.62. The van der Waals surface area contributed by atoms with Gasteiger partial charge in [-0.25, -0.2) is 13.2 Å². The van der Waals surface area contributed by atoms with E-state index in [4.69, 9.17) is 9.52 Å². The van der Waals surface area contributed by atoms with Gasteiger partial charge < -0.3 is 14.4 Å². The van der Waals surface area contributed by atoms with Crippen LogP contribution in [0.4, 0.5) is 5.69 Å². The molecule has 0 saturated carbocycles. The molecule has 1 fully saturated rings. The number of non-ortho nitro benzene ring substituents is 1. The van der Waals surface area contributed by atoms with Crippen LogP contribution in [0.15, 0.2) is 52.0 Å². The first-order chi connectivity index (χ1) is 14.2. The molecule has 0 unspecified atom stereocenters. The highest BCUT2D eigenvalue weighted by Crippen LogP contribution is 2.21. The van der Waals surface area contributed by atoms with E-state index in [1.165, 1.54) is 35.3 Å². The zero-order chi connectivity index (χ0) is 21.9. The number of hydrogen-bond acceptors (Lipinski definition) is 7. The van der Waals surface area contributed by atoms with Crippen molar-refractivity contribution in [2.45, 2.75) is 5.09 Å². The molecule has 30 heavy (non-hydrogen) atoms. The number of rotatable bonds is 6. The van der Waals surface area contributed by atoms with E-state index in [1.807, 2.05) is 0 Å². The Morgan fingerprint density at radius 2 is 1.83 bits per heavy atom. The van der Waals surface area contributed by atoms with Gasteiger partial charge in [0.1, 0.15) is 0 Å². The number of hydrogen-bond donors (Lipinski definition) is 1. The number of benzene rings is 1. The average Bonchev–Trinajstić information content (AvgIpc) is 3.24. The fraction of sp³-hybridized carbons (Fsp3) is 0.222. The van der Waals surface area contributed by atoms with Gasteiger partial charge >= 0.3 is 5.97 Å². The molecule has 158 valence electrons. The molecule has 0 atom stereocenters. The van der Waals surface area contributed by atoms with Crippen LogP contribution in [0.5, 0.6) is 0 Å². The average molecular weight is 435 g/mol. The summed E-state index contributed by atoms with van der Waals surface area (Å²) >= 11 is 0. The third kappa shape index (κ3) is 4.55. The molecule has 3 rings (SSSR count). The van der Waals surface area contributed by atoms with Gasteiger partial charge in [0.25, 0.3) is 15.7 Å². The van der Waals surface area contributed by atoms with E-state index < -0.39 is 31.8 Å². The van der Waals surface area contributed by atoms with Crippen LogP contribution in [-0.4, -0.2) is 65.7 Å². The van der Waals surface area contributed by atoms with Crippen molar-refractivity contribution in [1.82, 2.24) is 9.21 Å². The Hall–Kier alpha value is -3.51. The number of furan rings is 1. The lowest BCUT2D eigenvalue weighted by atomic mass is 10.2. The number of carboxylic acid groups (broad SMARTS) is 1. The fourth-order valence-electron chi connectivity index (χ4n) is 2.86. The lowest BCUT2D eigenvalue weighted by molar-refractivity contribution is -0.384. The van der Waals surface area contributed by atoms with Gasteiger partial charge in [-0.05, 0) is 23.8 Å². The van der Waals surface area contributed by atoms with E-state index in [9.17, 15) is 28.1 Å². The zero-order valence-electron chi connectivity index (χ0n) is 15.5. The molecule has 12 heteroatoms. The van der Waals surface area contributed by atoms with Gasteiger partial charge in [0.05, 0.1) is 4.92 Å². The van der Waals surface area contributed by atoms with E-state index in [0.717, 1.165) is 16.4 Å². The van der Waals surface area contributed by atoms with Gasteiger partial charge in [0.2, 0.25) is 16.8 Å². The highest BCUT2D eigenvalue weighted by atomic mass is 32.2. The summed E-state index contributed by atoms with van der Waals surface area (Å²) < 4.78 is 31.1. The Bertz CT molecular complexity index is 1110. The topological polar surface area (TPSA) is 151 Å². The monoisotopic (exact) mass is 435 g/mol. The van der Waals surface area contributed by atoms with Gasteiger partial charge in [-0.3, -0.25) is 14.9 Å². The van der Waals surface area contributed by atoms with E-state index in [0.29, 0.717) is 5.56 Å². The second-order valence-electron chi connectivity index (χ2n) is 6.34. The standard InChI is InChI=1S/C18H17N3O8S/c22-16(6-4-13-2-1-3-14(12-13)21(25)26)19-8-10-20(11-9-19)30(27,28)17-7-5-15(29-17)18(23)24/h1-7,12H,8-11H2,(H,23,24). The molecule has 2 heterocycles. The summed E-state index contributed by atoms with van der Waals surface area (Å²) in [6.45, 7) is 0.289. The van der Waals surface area contributed by atoms with Crippen molar-refractivity contribution in [3.05, 3.63) is 63.9 Å². The number of carboxylic acids is 1. The summed E-state index contributed by atoms with van der Waals surface area (Å²) in [5.74, 6) is -2.21. The highest BCUT2D eigenvalue weighted by molar-refractivity contribution is 7.89. The first-order valence-electron chi connectivity index (χ1n) is 8.73. The zero-order valence-corrected chi connectivity index (χ0v) is 16.3. The maximum atomic E-state index is 12.6. The third-order valence-electron chi connectivity index (χ3n) is 4.44. The summed E-state index contributed by atoms with van der Waals surface area (Å²) in [7, 11) is -4.01. The molecule has 1 aromatic carbocycles. The predicted molar refractivity (Wildman–Crippen MR) is 103 cm³/mol. The van der Waals surface area contributed by atoms with Crippen LogP contribution < -0.4 is 0 Å². The number of nitro benzene ring substituents is 1. The van der Waals surface area contributed by atoms with Crippen molar-refractivity contribution >= 4 is 33.7 Å². The van der Waals surface area contributed by atoms with Crippen LogP contribution in [0.2, 0.25) is 0 Å². The van der Waals surface area contributed by atoms with E-state index in [-0.39, 0.29) is 37.8 Å². The van der Waals surface area contributed by atoms with Crippen molar-refractivity contribution in [1.29, 1.82) is 0 Å². The molecular weight excluding hydrogens is 418 g/mol. The molecule has 0 radical (unpaired) electrons. The fourth-order valence-corrected chi connectivity index (χ4v) is 4.20. The van der Waals surface area contributed by atoms with Crippen molar-refractivity contribution in [3.63, 3.8) is 0 Å². The molecule has 1 amide bonds. The van der Waals surface area contributed by atoms with E-state index in [1.54, 1.807) is 6.07 Å². The van der Waals surface area contributed by atoms with Crippen molar-refractivity contribution in [2.75, 3.05) is 26.2 Å². The summed E-state index contributed by atoms with van der Waals surface area (Å²) in [5, 5.41) is 19.2. The summed E-state index contributed by atoms with van der Waals surface area (Å²) in [4.78, 5) is 34.9. The highest BCUT2D eigenvalue weighted by Gasteiger charge is 2.32. The normalized spacial score (nSPS) is 15.4. The minimum atomic E-state index is -4.01. The minimum Gasteiger partial charge on any atom is -0.475 e. The predicted octanol–water partition coefficient (Wildman–Crippen LogP) is 1.43. The molecule has 1 N–H and O–H groups in total. The second-order valence-corrected chi connectivity index (χ2v) is 8.21. The third-order valence-corrected chi connectivity index (χ3v) is 6.21. The Kier molecular flexibility index (Phi) is 5.99. The lowest BCUT2D eigenvalue weighted by Gasteiger charge is -2.32. The Morgan fingerprint density at radius 3 is 2.43 bits per heavy atom. The number of piperazine rings is 1. The van der Waals surface area contributed by atoms with Crippen LogP contribution in [0, 0.1) is 10.1 Å². The van der Waals surface area contributed by atoms with Crippen molar-refractivity contribution in [2.24, 2.45) is 0 Å². The van der Waals surface area contributed by atoms with Crippen molar-refractivity contribution < 1.29 is 32.5 Å². The van der Waals surface area contributed by atoms with Crippen LogP contribution >= 0.6 is 0 Å². The van der Waals surface area contributed by atoms with Gasteiger partial charge in [0.15, 0.2) is 0 Å². The molecule has 0 bridgehead atoms. The van der Waals surface area contributed by atoms with E-state index in [2.05, 4.69) is 0 Å². The molecular formula is C18H17N3O8S. The van der Waals surface area contributed by atoms with Crippen molar-refractivity contribution in [3.8, 4) is 0 Å². The van der Waals surface area contributed by atoms with Crippen LogP contribution in [0.1, 0.15) is 16.1 Å². The maximum absolute atomic E-state index is 12.6. The summed E-state index contributed by atoms with van der Waals surface area (Å²) in [6.07, 6.45) is 2.73. The lowest BCUT2D eigenvalue weighted by Crippen LogP contribution is -2.50. The number of nitro groups is 1. The smallest absolute Gasteiger partial charge is 0.371 e. The molecule has 1 aromatic heterocycles. The first kappa shape index (κ1) is 21.2. The minimum absolute atomic E-state index is 0.0157. The molecule has 1 aliphatic rings. The van der Waals surface area contributed by atoms with Gasteiger partial charge in [-0.15, -0.1) is 0 Å². The molecule has 0 spiro atoms. The van der Waals surface area contributed by atoms with Gasteiger partial charge in [-0.2, -0.15) is 4.31 Å². The van der Waals surface area contributed by atoms with Gasteiger partial charge in [-0.1, -0.05) is 12.1 Å². The number of carbonyl (C=O) groups excluding carboxylic acids is 1. The Morgan fingerprint density at radius 1 is 1.13 bits per heavy atom.